The molecule has 0 bridgehead atoms. The lowest BCUT2D eigenvalue weighted by atomic mass is 9.92. The Bertz CT molecular complexity index is 1220. The molecule has 1 aliphatic carbocycles. The van der Waals surface area contributed by atoms with Crippen LogP contribution < -0.4 is 5.43 Å². The number of aryl methyl sites for hydroxylation is 1. The van der Waals surface area contributed by atoms with Gasteiger partial charge in [0.1, 0.15) is 5.65 Å². The first kappa shape index (κ1) is 19.7. The Morgan fingerprint density at radius 3 is 2.26 bits per heavy atom. The van der Waals surface area contributed by atoms with Gasteiger partial charge in [-0.3, -0.25) is 4.79 Å². The van der Waals surface area contributed by atoms with Gasteiger partial charge < -0.3 is 4.57 Å². The summed E-state index contributed by atoms with van der Waals surface area (Å²) in [5, 5.41) is 0.746. The van der Waals surface area contributed by atoms with Crippen molar-refractivity contribution in [3.05, 3.63) is 100 Å². The standard InChI is InChI=1S/C28H28N2O/c31-27-24(19-18-21-11-4-1-5-12-21)26(22-13-6-2-7-14-22)30(23-15-8-3-9-16-23)28-25(27)17-10-20-29-28/h1-2,4-7,10-14,17,20,23H,3,8-9,15-16,18-19H2. The molecule has 0 radical (unpaired) electrons. The number of rotatable bonds is 5. The molecule has 156 valence electrons. The van der Waals surface area contributed by atoms with Crippen molar-refractivity contribution in [2.24, 2.45) is 0 Å². The van der Waals surface area contributed by atoms with Gasteiger partial charge in [0.2, 0.25) is 0 Å². The van der Waals surface area contributed by atoms with Crippen molar-refractivity contribution in [1.29, 1.82) is 0 Å². The van der Waals surface area contributed by atoms with Gasteiger partial charge in [0.05, 0.1) is 11.1 Å². The van der Waals surface area contributed by atoms with Crippen LogP contribution in [0.2, 0.25) is 0 Å². The molecule has 4 aromatic rings. The Labute approximate surface area is 183 Å². The Morgan fingerprint density at radius 1 is 0.806 bits per heavy atom. The molecular formula is C28H28N2O. The van der Waals surface area contributed by atoms with Gasteiger partial charge in [0, 0.05) is 17.8 Å². The van der Waals surface area contributed by atoms with E-state index < -0.39 is 0 Å². The van der Waals surface area contributed by atoms with E-state index in [-0.39, 0.29) is 5.43 Å². The third-order valence-electron chi connectivity index (χ3n) is 6.55. The fourth-order valence-electron chi connectivity index (χ4n) is 5.04. The van der Waals surface area contributed by atoms with E-state index in [4.69, 9.17) is 4.98 Å². The summed E-state index contributed by atoms with van der Waals surface area (Å²) >= 11 is 0. The maximum absolute atomic E-state index is 13.7. The van der Waals surface area contributed by atoms with E-state index in [0.29, 0.717) is 6.04 Å². The quantitative estimate of drug-likeness (QED) is 0.385. The highest BCUT2D eigenvalue weighted by Gasteiger charge is 2.25. The molecule has 2 aromatic carbocycles. The summed E-state index contributed by atoms with van der Waals surface area (Å²) in [5.74, 6) is 0. The zero-order valence-electron chi connectivity index (χ0n) is 17.8. The smallest absolute Gasteiger partial charge is 0.194 e. The van der Waals surface area contributed by atoms with Gasteiger partial charge in [-0.05, 0) is 48.9 Å². The highest BCUT2D eigenvalue weighted by molar-refractivity contribution is 5.81. The van der Waals surface area contributed by atoms with Gasteiger partial charge in [-0.1, -0.05) is 79.9 Å². The number of hydrogen-bond acceptors (Lipinski definition) is 2. The first-order valence-corrected chi connectivity index (χ1v) is 11.4. The Balaban J connectivity index is 1.75. The van der Waals surface area contributed by atoms with Gasteiger partial charge in [0.15, 0.2) is 5.43 Å². The SMILES string of the molecule is O=c1c(CCc2ccccc2)c(-c2ccccc2)n(C2CCCCC2)c2ncccc12. The van der Waals surface area contributed by atoms with E-state index in [1.54, 1.807) is 0 Å². The molecule has 31 heavy (non-hydrogen) atoms. The molecule has 0 unspecified atom stereocenters. The molecule has 2 aromatic heterocycles. The number of pyridine rings is 2. The molecule has 0 amide bonds. The third kappa shape index (κ3) is 3.93. The van der Waals surface area contributed by atoms with Gasteiger partial charge in [0.25, 0.3) is 0 Å². The Kier molecular flexibility index (Phi) is 5.66. The zero-order valence-corrected chi connectivity index (χ0v) is 17.8. The summed E-state index contributed by atoms with van der Waals surface area (Å²) < 4.78 is 2.41. The summed E-state index contributed by atoms with van der Waals surface area (Å²) in [6, 6.07) is 25.1. The minimum Gasteiger partial charge on any atom is -0.322 e. The third-order valence-corrected chi connectivity index (χ3v) is 6.55. The van der Waals surface area contributed by atoms with E-state index in [1.165, 1.54) is 24.8 Å². The molecular weight excluding hydrogens is 380 g/mol. The number of aromatic nitrogens is 2. The second kappa shape index (κ2) is 8.89. The molecule has 0 saturated heterocycles. The van der Waals surface area contributed by atoms with Crippen molar-refractivity contribution in [1.82, 2.24) is 9.55 Å². The topological polar surface area (TPSA) is 34.9 Å². The minimum absolute atomic E-state index is 0.130. The lowest BCUT2D eigenvalue weighted by Crippen LogP contribution is -2.24. The van der Waals surface area contributed by atoms with Crippen LogP contribution in [0.15, 0.2) is 83.8 Å². The largest absolute Gasteiger partial charge is 0.322 e. The van der Waals surface area contributed by atoms with Gasteiger partial charge in [-0.15, -0.1) is 0 Å². The second-order valence-electron chi connectivity index (χ2n) is 8.54. The van der Waals surface area contributed by atoms with Crippen molar-refractivity contribution < 1.29 is 0 Å². The van der Waals surface area contributed by atoms with Crippen LogP contribution in [0.25, 0.3) is 22.3 Å². The van der Waals surface area contributed by atoms with Crippen LogP contribution in [-0.2, 0) is 12.8 Å². The predicted molar refractivity (Wildman–Crippen MR) is 127 cm³/mol. The average molecular weight is 409 g/mol. The van der Waals surface area contributed by atoms with Crippen LogP contribution in [0, 0.1) is 0 Å². The van der Waals surface area contributed by atoms with Crippen LogP contribution in [0.5, 0.6) is 0 Å². The van der Waals surface area contributed by atoms with E-state index in [1.807, 2.05) is 30.5 Å². The number of benzene rings is 2. The van der Waals surface area contributed by atoms with Crippen LogP contribution >= 0.6 is 0 Å². The summed E-state index contributed by atoms with van der Waals surface area (Å²) in [6.45, 7) is 0. The summed E-state index contributed by atoms with van der Waals surface area (Å²) in [5.41, 5.74) is 5.32. The first-order chi connectivity index (χ1) is 15.3. The maximum atomic E-state index is 13.7. The second-order valence-corrected chi connectivity index (χ2v) is 8.54. The van der Waals surface area contributed by atoms with E-state index in [9.17, 15) is 4.79 Å². The fourth-order valence-corrected chi connectivity index (χ4v) is 5.04. The van der Waals surface area contributed by atoms with Gasteiger partial charge >= 0.3 is 0 Å². The molecule has 0 atom stereocenters. The van der Waals surface area contributed by atoms with Gasteiger partial charge in [-0.25, -0.2) is 4.98 Å². The van der Waals surface area contributed by atoms with E-state index in [2.05, 4.69) is 53.1 Å². The van der Waals surface area contributed by atoms with Crippen LogP contribution in [0.3, 0.4) is 0 Å². The summed E-state index contributed by atoms with van der Waals surface area (Å²) in [7, 11) is 0. The Hall–Kier alpha value is -3.20. The highest BCUT2D eigenvalue weighted by Crippen LogP contribution is 2.36. The van der Waals surface area contributed by atoms with E-state index >= 15 is 0 Å². The maximum Gasteiger partial charge on any atom is 0.194 e. The van der Waals surface area contributed by atoms with Crippen LogP contribution in [0.1, 0.15) is 49.3 Å². The Morgan fingerprint density at radius 2 is 1.52 bits per heavy atom. The molecule has 0 N–H and O–H groups in total. The lowest BCUT2D eigenvalue weighted by Gasteiger charge is -2.30. The molecule has 0 spiro atoms. The summed E-state index contributed by atoms with van der Waals surface area (Å²) in [4.78, 5) is 18.5. The molecule has 1 aliphatic rings. The first-order valence-electron chi connectivity index (χ1n) is 11.4. The molecule has 1 saturated carbocycles. The van der Waals surface area contributed by atoms with Crippen molar-refractivity contribution in [2.75, 3.05) is 0 Å². The molecule has 2 heterocycles. The molecule has 5 rings (SSSR count). The van der Waals surface area contributed by atoms with Crippen molar-refractivity contribution >= 4 is 11.0 Å². The van der Waals surface area contributed by atoms with Crippen LogP contribution in [-0.4, -0.2) is 9.55 Å². The fraction of sp³-hybridized carbons (Fsp3) is 0.286. The molecule has 1 fully saturated rings. The summed E-state index contributed by atoms with van der Waals surface area (Å²) in [6.07, 6.45) is 9.45. The lowest BCUT2D eigenvalue weighted by molar-refractivity contribution is 0.360. The number of fused-ring (bicyclic) bond motifs is 1. The predicted octanol–water partition coefficient (Wildman–Crippen LogP) is 6.35. The molecule has 3 heteroatoms. The zero-order chi connectivity index (χ0) is 21.0. The van der Waals surface area contributed by atoms with E-state index in [0.717, 1.165) is 53.5 Å². The van der Waals surface area contributed by atoms with Gasteiger partial charge in [-0.2, -0.15) is 0 Å². The van der Waals surface area contributed by atoms with Crippen molar-refractivity contribution in [2.45, 2.75) is 51.0 Å². The highest BCUT2D eigenvalue weighted by atomic mass is 16.1. The van der Waals surface area contributed by atoms with Crippen LogP contribution in [0.4, 0.5) is 0 Å². The van der Waals surface area contributed by atoms with Crippen molar-refractivity contribution in [3.8, 4) is 11.3 Å². The van der Waals surface area contributed by atoms with Crippen molar-refractivity contribution in [3.63, 3.8) is 0 Å². The average Bonchev–Trinajstić information content (AvgIpc) is 2.85. The monoisotopic (exact) mass is 408 g/mol. The minimum atomic E-state index is 0.130. The molecule has 3 nitrogen and oxygen atoms in total. The normalized spacial score (nSPS) is 14.7. The number of nitrogens with zero attached hydrogens (tertiary/aromatic N) is 2. The number of hydrogen-bond donors (Lipinski definition) is 0. The molecule has 0 aliphatic heterocycles.